The van der Waals surface area contributed by atoms with E-state index in [9.17, 15) is 28.3 Å². The molecule has 2 aliphatic rings. The number of aromatic hydroxyl groups is 1. The predicted molar refractivity (Wildman–Crippen MR) is 167 cm³/mol. The van der Waals surface area contributed by atoms with Gasteiger partial charge in [0.15, 0.2) is 0 Å². The molecule has 0 aliphatic carbocycles. The first-order chi connectivity index (χ1) is 20.8. The molecule has 1 saturated heterocycles. The summed E-state index contributed by atoms with van der Waals surface area (Å²) in [6.45, 7) is 3.71. The zero-order valence-corrected chi connectivity index (χ0v) is 26.7. The van der Waals surface area contributed by atoms with E-state index < -0.39 is 34.1 Å². The monoisotopic (exact) mass is 685 g/mol. The largest absolute Gasteiger partial charge is 0.506 e. The summed E-state index contributed by atoms with van der Waals surface area (Å²) in [6.07, 6.45) is 0.721. The third-order valence-electron chi connectivity index (χ3n) is 7.60. The van der Waals surface area contributed by atoms with Gasteiger partial charge in [0.2, 0.25) is 0 Å². The summed E-state index contributed by atoms with van der Waals surface area (Å²) in [4.78, 5) is 47.4. The van der Waals surface area contributed by atoms with E-state index in [4.69, 9.17) is 34.8 Å². The van der Waals surface area contributed by atoms with Crippen molar-refractivity contribution in [2.45, 2.75) is 41.1 Å². The van der Waals surface area contributed by atoms with Crippen molar-refractivity contribution in [3.8, 4) is 5.75 Å². The van der Waals surface area contributed by atoms with E-state index in [2.05, 4.69) is 10.3 Å². The number of phenols is 1. The molecule has 2 aliphatic heterocycles. The Kier molecular flexibility index (Phi) is 9.39. The third kappa shape index (κ3) is 6.10. The number of carbonyl (C=O) groups excluding carboxylic acids is 2. The quantitative estimate of drug-likeness (QED) is 0.237. The van der Waals surface area contributed by atoms with Gasteiger partial charge in [0.1, 0.15) is 17.0 Å². The highest BCUT2D eigenvalue weighted by Crippen LogP contribution is 2.44. The molecular weight excluding hydrogens is 659 g/mol. The number of carbonyl (C=O) groups is 2. The van der Waals surface area contributed by atoms with Crippen LogP contribution in [0.2, 0.25) is 10.0 Å². The van der Waals surface area contributed by atoms with Gasteiger partial charge in [-0.15, -0.1) is 0 Å². The molecular formula is C29H28Cl3F2N5O4S. The summed E-state index contributed by atoms with van der Waals surface area (Å²) >= 11 is 18.7. The summed E-state index contributed by atoms with van der Waals surface area (Å²) in [7, 11) is 1.69. The molecule has 15 heteroatoms. The van der Waals surface area contributed by atoms with Gasteiger partial charge in [0, 0.05) is 42.5 Å². The number of aromatic nitrogens is 1. The molecule has 3 N–H and O–H groups in total. The van der Waals surface area contributed by atoms with E-state index in [0.29, 0.717) is 36.4 Å². The summed E-state index contributed by atoms with van der Waals surface area (Å²) < 4.78 is 28.3. The van der Waals surface area contributed by atoms with Crippen molar-refractivity contribution < 1.29 is 23.5 Å². The van der Waals surface area contributed by atoms with E-state index in [-0.39, 0.29) is 44.7 Å². The molecule has 1 unspecified atom stereocenters. The van der Waals surface area contributed by atoms with E-state index >= 15 is 0 Å². The number of amides is 3. The molecule has 0 spiro atoms. The van der Waals surface area contributed by atoms with E-state index in [1.165, 1.54) is 15.9 Å². The highest BCUT2D eigenvalue weighted by Gasteiger charge is 2.39. The van der Waals surface area contributed by atoms with Crippen LogP contribution in [0, 0.1) is 0 Å². The molecule has 0 bridgehead atoms. The molecule has 44 heavy (non-hydrogen) atoms. The molecule has 3 aromatic rings. The number of alkyl halides is 3. The molecule has 9 nitrogen and oxygen atoms in total. The van der Waals surface area contributed by atoms with Crippen LogP contribution < -0.4 is 15.8 Å². The van der Waals surface area contributed by atoms with E-state index in [0.717, 1.165) is 24.2 Å². The first kappa shape index (κ1) is 32.4. The molecule has 1 fully saturated rings. The van der Waals surface area contributed by atoms with Crippen LogP contribution >= 0.6 is 46.6 Å². The van der Waals surface area contributed by atoms with Crippen LogP contribution in [0.3, 0.4) is 0 Å². The Bertz CT molecular complexity index is 1670. The molecule has 0 radical (unpaired) electrons. The minimum absolute atomic E-state index is 0.0249. The Hall–Kier alpha value is -3.03. The number of halogens is 5. The number of urea groups is 1. The molecule has 3 amide bonds. The molecule has 1 atom stereocenters. The fraction of sp³-hybridized carbons (Fsp3) is 0.345. The number of H-pyrrole nitrogens is 1. The number of pyridine rings is 1. The molecule has 2 aromatic carbocycles. The summed E-state index contributed by atoms with van der Waals surface area (Å²) in [6, 6.07) is 7.96. The Morgan fingerprint density at radius 1 is 1.18 bits per heavy atom. The van der Waals surface area contributed by atoms with Crippen molar-refractivity contribution in [2.75, 3.05) is 38.1 Å². The van der Waals surface area contributed by atoms with Crippen LogP contribution in [0.1, 0.15) is 46.6 Å². The van der Waals surface area contributed by atoms with E-state index in [1.807, 2.05) is 6.92 Å². The van der Waals surface area contributed by atoms with Crippen molar-refractivity contribution in [1.29, 1.82) is 0 Å². The summed E-state index contributed by atoms with van der Waals surface area (Å²) in [5, 5.41) is 10.5. The molecule has 0 saturated carbocycles. The highest BCUT2D eigenvalue weighted by molar-refractivity contribution is 7.99. The number of hydrogen-bond donors (Lipinski definition) is 3. The Balaban J connectivity index is 1.57. The van der Waals surface area contributed by atoms with Crippen LogP contribution in [0.5, 0.6) is 5.75 Å². The van der Waals surface area contributed by atoms with Crippen molar-refractivity contribution in [3.63, 3.8) is 0 Å². The fourth-order valence-corrected chi connectivity index (χ4v) is 7.23. The van der Waals surface area contributed by atoms with Crippen molar-refractivity contribution in [1.82, 2.24) is 20.1 Å². The van der Waals surface area contributed by atoms with Gasteiger partial charge in [-0.2, -0.15) is 8.78 Å². The van der Waals surface area contributed by atoms with Crippen LogP contribution in [0.4, 0.5) is 19.3 Å². The normalized spacial score (nSPS) is 16.9. The van der Waals surface area contributed by atoms with Gasteiger partial charge in [-0.1, -0.05) is 41.0 Å². The van der Waals surface area contributed by atoms with Crippen LogP contribution in [-0.4, -0.2) is 65.1 Å². The zero-order chi connectivity index (χ0) is 31.9. The molecule has 1 aromatic heterocycles. The smallest absolute Gasteiger partial charge is 0.362 e. The second-order valence-corrected chi connectivity index (χ2v) is 12.7. The van der Waals surface area contributed by atoms with Gasteiger partial charge in [-0.25, -0.2) is 4.79 Å². The topological polar surface area (TPSA) is 109 Å². The Morgan fingerprint density at radius 2 is 1.89 bits per heavy atom. The number of nitrogens with zero attached hydrogens (tertiary/aromatic N) is 3. The zero-order valence-electron chi connectivity index (χ0n) is 23.6. The SMILES string of the molecule is CCN1CCCN(c2cc3c(cc2O)C(CNC)N(C(=O)c2c(Sc4c(Cl)cccc4Cl)cc(C(F)(F)Cl)[nH]c2=O)C3)C1=O. The average molecular weight is 687 g/mol. The maximum atomic E-state index is 14.2. The van der Waals surface area contributed by atoms with E-state index in [1.54, 1.807) is 36.2 Å². The minimum Gasteiger partial charge on any atom is -0.506 e. The van der Waals surface area contributed by atoms with Gasteiger partial charge < -0.3 is 25.2 Å². The number of anilines is 1. The molecule has 234 valence electrons. The molecule has 3 heterocycles. The molecule has 5 rings (SSSR count). The van der Waals surface area contributed by atoms with Gasteiger partial charge in [-0.05, 0) is 73.5 Å². The number of aromatic amines is 1. The fourth-order valence-electron chi connectivity index (χ4n) is 5.49. The van der Waals surface area contributed by atoms with Crippen molar-refractivity contribution in [2.24, 2.45) is 0 Å². The van der Waals surface area contributed by atoms with Gasteiger partial charge in [0.05, 0.1) is 21.8 Å². The lowest BCUT2D eigenvalue weighted by molar-refractivity contribution is 0.0682. The number of hydrogen-bond acceptors (Lipinski definition) is 6. The van der Waals surface area contributed by atoms with Gasteiger partial charge in [-0.3, -0.25) is 14.5 Å². The number of nitrogens with one attached hydrogen (secondary N) is 2. The number of phenolic OH excluding ortho intramolecular Hbond substituents is 1. The maximum Gasteiger partial charge on any atom is 0.362 e. The highest BCUT2D eigenvalue weighted by atomic mass is 35.5. The number of benzene rings is 2. The summed E-state index contributed by atoms with van der Waals surface area (Å²) in [5.74, 6) is -0.869. The summed E-state index contributed by atoms with van der Waals surface area (Å²) in [5.41, 5.74) is -0.769. The third-order valence-corrected chi connectivity index (χ3v) is 9.85. The van der Waals surface area contributed by atoms with Crippen LogP contribution in [-0.2, 0) is 11.9 Å². The lowest BCUT2D eigenvalue weighted by atomic mass is 10.0. The maximum absolute atomic E-state index is 14.2. The predicted octanol–water partition coefficient (Wildman–Crippen LogP) is 6.40. The lowest BCUT2D eigenvalue weighted by Gasteiger charge is -2.35. The second-order valence-electron chi connectivity index (χ2n) is 10.3. The van der Waals surface area contributed by atoms with Crippen molar-refractivity contribution in [3.05, 3.63) is 79.2 Å². The lowest BCUT2D eigenvalue weighted by Crippen LogP contribution is -2.49. The Morgan fingerprint density at radius 3 is 2.52 bits per heavy atom. The average Bonchev–Trinajstić information content (AvgIpc) is 3.31. The van der Waals surface area contributed by atoms with Gasteiger partial charge in [0.25, 0.3) is 11.5 Å². The van der Waals surface area contributed by atoms with Gasteiger partial charge >= 0.3 is 11.4 Å². The number of likely N-dealkylation sites (N-methyl/N-ethyl adjacent to an activating group) is 1. The first-order valence-electron chi connectivity index (χ1n) is 13.7. The number of fused-ring (bicyclic) bond motifs is 1. The Labute approximate surface area is 271 Å². The van der Waals surface area contributed by atoms with Crippen LogP contribution in [0.25, 0.3) is 0 Å². The minimum atomic E-state index is -3.92. The number of rotatable bonds is 8. The standard InChI is InChI=1S/C29H28Cl3F2N5O4S/c1-3-37-8-5-9-38(28(37)43)19-10-15-14-39(20(13-35-2)16(15)11-21(19)40)27(42)24-22(12-23(29(32,33)34)36-26(24)41)44-25-17(30)6-4-7-18(25)31/h4,6-7,10-12,20,35,40H,3,5,8-9,13-14H2,1-2H3,(H,36,41). The van der Waals surface area contributed by atoms with Crippen LogP contribution in [0.15, 0.2) is 51.0 Å². The van der Waals surface area contributed by atoms with Crippen molar-refractivity contribution >= 4 is 64.2 Å². The first-order valence-corrected chi connectivity index (χ1v) is 15.6. The second kappa shape index (κ2) is 12.8.